The molecule has 0 bridgehead atoms. The lowest BCUT2D eigenvalue weighted by Gasteiger charge is -2.18. The number of nitrogens with zero attached hydrogens (tertiary/aromatic N) is 1. The maximum Gasteiger partial charge on any atom is 0.272 e. The highest BCUT2D eigenvalue weighted by atomic mass is 16.6. The fraction of sp³-hybridized carbons (Fsp3) is 0.500. The van der Waals surface area contributed by atoms with Crippen LogP contribution >= 0.6 is 0 Å². The Hall–Kier alpha value is -1.50. The van der Waals surface area contributed by atoms with E-state index in [1.54, 1.807) is 26.1 Å². The number of hydrogen-bond donors (Lipinski definition) is 3. The molecule has 0 saturated heterocycles. The molecule has 3 N–H and O–H groups in total. The zero-order valence-corrected chi connectivity index (χ0v) is 10.5. The van der Waals surface area contributed by atoms with Crippen LogP contribution in [-0.2, 0) is 0 Å². The average molecular weight is 254 g/mol. The predicted octanol–water partition coefficient (Wildman–Crippen LogP) is 0.907. The first-order valence-electron chi connectivity index (χ1n) is 5.73. The third kappa shape index (κ3) is 3.49. The molecule has 100 valence electrons. The fourth-order valence-electron chi connectivity index (χ4n) is 1.68. The smallest absolute Gasteiger partial charge is 0.272 e. The van der Waals surface area contributed by atoms with Crippen molar-refractivity contribution in [1.29, 1.82) is 0 Å². The minimum Gasteiger partial charge on any atom is -0.390 e. The Morgan fingerprint density at radius 3 is 2.67 bits per heavy atom. The summed E-state index contributed by atoms with van der Waals surface area (Å²) >= 11 is 0. The van der Waals surface area contributed by atoms with Gasteiger partial charge in [0.1, 0.15) is 6.10 Å². The second-order valence-corrected chi connectivity index (χ2v) is 4.21. The van der Waals surface area contributed by atoms with Crippen molar-refractivity contribution in [2.75, 3.05) is 13.6 Å². The average Bonchev–Trinajstić information content (AvgIpc) is 2.35. The molecule has 1 rings (SSSR count). The van der Waals surface area contributed by atoms with Crippen molar-refractivity contribution >= 4 is 5.69 Å². The first-order valence-corrected chi connectivity index (χ1v) is 5.73. The van der Waals surface area contributed by atoms with Gasteiger partial charge >= 0.3 is 0 Å². The normalized spacial score (nSPS) is 14.2. The molecule has 2 unspecified atom stereocenters. The van der Waals surface area contributed by atoms with Gasteiger partial charge in [0.15, 0.2) is 0 Å². The molecule has 1 aromatic carbocycles. The monoisotopic (exact) mass is 254 g/mol. The lowest BCUT2D eigenvalue weighted by Crippen LogP contribution is -2.23. The Labute approximate surface area is 105 Å². The summed E-state index contributed by atoms with van der Waals surface area (Å²) in [6.45, 7) is 2.19. The summed E-state index contributed by atoms with van der Waals surface area (Å²) in [4.78, 5) is 10.3. The van der Waals surface area contributed by atoms with Crippen molar-refractivity contribution in [1.82, 2.24) is 5.32 Å². The van der Waals surface area contributed by atoms with Crippen LogP contribution in [0.25, 0.3) is 0 Å². The highest BCUT2D eigenvalue weighted by molar-refractivity contribution is 5.43. The minimum absolute atomic E-state index is 0.0487. The maximum atomic E-state index is 10.8. The van der Waals surface area contributed by atoms with Crippen LogP contribution in [0.5, 0.6) is 0 Å². The van der Waals surface area contributed by atoms with E-state index in [-0.39, 0.29) is 5.69 Å². The van der Waals surface area contributed by atoms with Gasteiger partial charge in [-0.15, -0.1) is 0 Å². The summed E-state index contributed by atoms with van der Waals surface area (Å²) in [5.41, 5.74) is 0.837. The summed E-state index contributed by atoms with van der Waals surface area (Å²) in [6, 6.07) is 4.47. The van der Waals surface area contributed by atoms with Crippen molar-refractivity contribution in [3.8, 4) is 0 Å². The van der Waals surface area contributed by atoms with Crippen molar-refractivity contribution in [3.05, 3.63) is 39.4 Å². The molecule has 18 heavy (non-hydrogen) atoms. The van der Waals surface area contributed by atoms with Gasteiger partial charge in [-0.1, -0.05) is 12.1 Å². The van der Waals surface area contributed by atoms with E-state index >= 15 is 0 Å². The molecule has 0 aliphatic carbocycles. The predicted molar refractivity (Wildman–Crippen MR) is 67.3 cm³/mol. The fourth-order valence-corrected chi connectivity index (χ4v) is 1.68. The molecule has 0 aromatic heterocycles. The van der Waals surface area contributed by atoms with Crippen LogP contribution in [-0.4, -0.2) is 34.8 Å². The zero-order chi connectivity index (χ0) is 13.7. The van der Waals surface area contributed by atoms with Gasteiger partial charge in [-0.2, -0.15) is 0 Å². The SMILES string of the molecule is CNCCC(O)C(O)c1ccc(C)c([N+](=O)[O-])c1. The molecule has 2 atom stereocenters. The summed E-state index contributed by atoms with van der Waals surface area (Å²) in [6.07, 6.45) is -1.68. The van der Waals surface area contributed by atoms with Gasteiger partial charge in [0.2, 0.25) is 0 Å². The van der Waals surface area contributed by atoms with Gasteiger partial charge in [-0.3, -0.25) is 10.1 Å². The maximum absolute atomic E-state index is 10.8. The molecule has 0 heterocycles. The van der Waals surface area contributed by atoms with Gasteiger partial charge in [0, 0.05) is 11.6 Å². The van der Waals surface area contributed by atoms with Gasteiger partial charge in [0.25, 0.3) is 5.69 Å². The lowest BCUT2D eigenvalue weighted by molar-refractivity contribution is -0.385. The first kappa shape index (κ1) is 14.6. The van der Waals surface area contributed by atoms with Crippen LogP contribution < -0.4 is 5.32 Å². The lowest BCUT2D eigenvalue weighted by atomic mass is 10.00. The van der Waals surface area contributed by atoms with Crippen LogP contribution in [0.1, 0.15) is 23.7 Å². The standard InChI is InChI=1S/C12H18N2O4/c1-8-3-4-9(7-10(8)14(17)18)12(16)11(15)5-6-13-2/h3-4,7,11-13,15-16H,5-6H2,1-2H3. The molecule has 0 aliphatic rings. The number of nitrogens with one attached hydrogen (secondary N) is 1. The number of hydrogen-bond acceptors (Lipinski definition) is 5. The summed E-state index contributed by atoms with van der Waals surface area (Å²) < 4.78 is 0. The van der Waals surface area contributed by atoms with Crippen LogP contribution in [0.3, 0.4) is 0 Å². The van der Waals surface area contributed by atoms with Crippen LogP contribution in [0.4, 0.5) is 5.69 Å². The second kappa shape index (κ2) is 6.44. The quantitative estimate of drug-likeness (QED) is 0.518. The Morgan fingerprint density at radius 2 is 2.11 bits per heavy atom. The van der Waals surface area contributed by atoms with Crippen molar-refractivity contribution < 1.29 is 15.1 Å². The molecule has 6 heteroatoms. The number of nitro benzene ring substituents is 1. The van der Waals surface area contributed by atoms with E-state index in [2.05, 4.69) is 5.32 Å². The molecule has 0 aliphatic heterocycles. The Morgan fingerprint density at radius 1 is 1.44 bits per heavy atom. The minimum atomic E-state index is -1.11. The Kier molecular flexibility index (Phi) is 5.21. The molecule has 0 spiro atoms. The van der Waals surface area contributed by atoms with Crippen molar-refractivity contribution in [2.24, 2.45) is 0 Å². The third-order valence-corrected chi connectivity index (χ3v) is 2.83. The number of aliphatic hydroxyl groups is 2. The molecule has 0 amide bonds. The van der Waals surface area contributed by atoms with Crippen molar-refractivity contribution in [2.45, 2.75) is 25.6 Å². The van der Waals surface area contributed by atoms with E-state index in [1.807, 2.05) is 0 Å². The van der Waals surface area contributed by atoms with Crippen LogP contribution in [0, 0.1) is 17.0 Å². The molecule has 0 fully saturated rings. The second-order valence-electron chi connectivity index (χ2n) is 4.21. The number of aliphatic hydroxyl groups excluding tert-OH is 2. The number of aryl methyl sites for hydroxylation is 1. The topological polar surface area (TPSA) is 95.6 Å². The molecule has 0 radical (unpaired) electrons. The third-order valence-electron chi connectivity index (χ3n) is 2.83. The number of nitro groups is 1. The van der Waals surface area contributed by atoms with Gasteiger partial charge in [-0.25, -0.2) is 0 Å². The van der Waals surface area contributed by atoms with E-state index in [0.717, 1.165) is 0 Å². The number of rotatable bonds is 6. The van der Waals surface area contributed by atoms with E-state index in [1.165, 1.54) is 6.07 Å². The highest BCUT2D eigenvalue weighted by Gasteiger charge is 2.21. The van der Waals surface area contributed by atoms with Crippen molar-refractivity contribution in [3.63, 3.8) is 0 Å². The van der Waals surface area contributed by atoms with E-state index in [9.17, 15) is 20.3 Å². The first-order chi connectivity index (χ1) is 8.47. The summed E-state index contributed by atoms with van der Waals surface area (Å²) in [5, 5.41) is 33.3. The van der Waals surface area contributed by atoms with Crippen LogP contribution in [0.15, 0.2) is 18.2 Å². The number of benzene rings is 1. The zero-order valence-electron chi connectivity index (χ0n) is 10.5. The van der Waals surface area contributed by atoms with E-state index < -0.39 is 17.1 Å². The van der Waals surface area contributed by atoms with E-state index in [4.69, 9.17) is 0 Å². The van der Waals surface area contributed by atoms with E-state index in [0.29, 0.717) is 24.1 Å². The van der Waals surface area contributed by atoms with Gasteiger partial charge in [-0.05, 0) is 32.5 Å². The Bertz CT molecular complexity index is 423. The molecule has 0 saturated carbocycles. The summed E-state index contributed by atoms with van der Waals surface area (Å²) in [7, 11) is 1.75. The molecular formula is C12H18N2O4. The summed E-state index contributed by atoms with van der Waals surface area (Å²) in [5.74, 6) is 0. The largest absolute Gasteiger partial charge is 0.390 e. The molecule has 6 nitrogen and oxygen atoms in total. The highest BCUT2D eigenvalue weighted by Crippen LogP contribution is 2.25. The van der Waals surface area contributed by atoms with Gasteiger partial charge in [0.05, 0.1) is 11.0 Å². The molecular weight excluding hydrogens is 236 g/mol. The van der Waals surface area contributed by atoms with Gasteiger partial charge < -0.3 is 15.5 Å². The van der Waals surface area contributed by atoms with Crippen LogP contribution in [0.2, 0.25) is 0 Å². The Balaban J connectivity index is 2.89. The molecule has 1 aromatic rings.